The van der Waals surface area contributed by atoms with Gasteiger partial charge in [-0.15, -0.1) is 0 Å². The normalized spacial score (nSPS) is 16.2. The number of rotatable bonds is 8. The molecule has 0 radical (unpaired) electrons. The summed E-state index contributed by atoms with van der Waals surface area (Å²) in [5, 5.41) is 2.01. The van der Waals surface area contributed by atoms with Gasteiger partial charge in [-0.05, 0) is 53.5 Å². The molecule has 3 aromatic rings. The fourth-order valence-corrected chi connectivity index (χ4v) is 6.12. The lowest BCUT2D eigenvalue weighted by Gasteiger charge is -2.35. The molecule has 0 bridgehead atoms. The molecule has 2 aromatic carbocycles. The third-order valence-electron chi connectivity index (χ3n) is 6.66. The average Bonchev–Trinajstić information content (AvgIpc) is 3.42. The van der Waals surface area contributed by atoms with Crippen molar-refractivity contribution in [1.82, 2.24) is 9.27 Å². The van der Waals surface area contributed by atoms with E-state index < -0.39 is 0 Å². The average molecular weight is 529 g/mol. The fourth-order valence-electron chi connectivity index (χ4n) is 4.75. The van der Waals surface area contributed by atoms with Crippen molar-refractivity contribution in [2.75, 3.05) is 61.3 Å². The number of piperazine rings is 1. The van der Waals surface area contributed by atoms with E-state index >= 15 is 0 Å². The van der Waals surface area contributed by atoms with Crippen LogP contribution in [0.5, 0.6) is 0 Å². The first-order valence-corrected chi connectivity index (χ1v) is 14.3. The van der Waals surface area contributed by atoms with Crippen LogP contribution in [0.3, 0.4) is 0 Å². The second-order valence-corrected chi connectivity index (χ2v) is 11.0. The number of hydrogen-bond donors (Lipinski definition) is 0. The number of nitrogens with zero attached hydrogens (tertiary/aromatic N) is 4. The largest absolute Gasteiger partial charge is 0.443 e. The molecule has 1 aromatic heterocycles. The van der Waals surface area contributed by atoms with Gasteiger partial charge in [-0.2, -0.15) is 16.1 Å². The van der Waals surface area contributed by atoms with Gasteiger partial charge < -0.3 is 14.5 Å². The Balaban J connectivity index is 1.17. The van der Waals surface area contributed by atoms with Crippen LogP contribution in [0.25, 0.3) is 10.1 Å². The van der Waals surface area contributed by atoms with E-state index in [1.54, 1.807) is 11.5 Å². The van der Waals surface area contributed by atoms with Crippen LogP contribution in [-0.4, -0.2) is 66.7 Å². The van der Waals surface area contributed by atoms with Gasteiger partial charge in [0.1, 0.15) is 5.82 Å². The molecule has 5 rings (SSSR count). The number of esters is 1. The van der Waals surface area contributed by atoms with Gasteiger partial charge in [0, 0.05) is 60.9 Å². The number of aromatic nitrogens is 1. The monoisotopic (exact) mass is 528 g/mol. The van der Waals surface area contributed by atoms with Gasteiger partial charge in [0.05, 0.1) is 10.5 Å². The summed E-state index contributed by atoms with van der Waals surface area (Å²) >= 11 is 9.73. The molecule has 0 unspecified atom stereocenters. The molecular weight excluding hydrogens is 500 g/mol. The summed E-state index contributed by atoms with van der Waals surface area (Å²) in [5.41, 5.74) is 4.27. The Bertz CT molecular complexity index is 1240. The number of hydrogen-bond acceptors (Lipinski definition) is 8. The van der Waals surface area contributed by atoms with Crippen molar-refractivity contribution in [3.63, 3.8) is 0 Å². The van der Waals surface area contributed by atoms with E-state index in [-0.39, 0.29) is 12.7 Å². The minimum atomic E-state index is -0.218. The topological polar surface area (TPSA) is 48.9 Å². The maximum absolute atomic E-state index is 11.8. The lowest BCUT2D eigenvalue weighted by molar-refractivity contribution is -0.140. The molecule has 0 aliphatic carbocycles. The summed E-state index contributed by atoms with van der Waals surface area (Å²) in [6.07, 6.45) is 3.54. The van der Waals surface area contributed by atoms with Gasteiger partial charge in [-0.1, -0.05) is 36.4 Å². The Morgan fingerprint density at radius 1 is 1.23 bits per heavy atom. The number of carbonyl (C=O) groups excluding carboxylic acids is 1. The van der Waals surface area contributed by atoms with Gasteiger partial charge in [0.2, 0.25) is 0 Å². The Hall–Kier alpha value is -2.26. The second kappa shape index (κ2) is 10.8. The summed E-state index contributed by atoms with van der Waals surface area (Å²) in [6.45, 7) is 9.31. The van der Waals surface area contributed by atoms with Crippen LogP contribution >= 0.6 is 34.9 Å². The minimum absolute atomic E-state index is 0.180. The maximum atomic E-state index is 11.8. The van der Waals surface area contributed by atoms with Crippen LogP contribution in [0.4, 0.5) is 11.5 Å². The summed E-state index contributed by atoms with van der Waals surface area (Å²) in [6, 6.07) is 12.7. The predicted octanol–water partition coefficient (Wildman–Crippen LogP) is 5.05. The highest BCUT2D eigenvalue weighted by atomic mass is 35.5. The molecule has 184 valence electrons. The number of fused-ring (bicyclic) bond motifs is 2. The Morgan fingerprint density at radius 3 is 2.83 bits per heavy atom. The number of halogens is 1. The van der Waals surface area contributed by atoms with Gasteiger partial charge in [0.15, 0.2) is 6.73 Å². The molecule has 9 heteroatoms. The molecule has 0 amide bonds. The zero-order valence-corrected chi connectivity index (χ0v) is 22.2. The second-order valence-electron chi connectivity index (χ2n) is 8.90. The summed E-state index contributed by atoms with van der Waals surface area (Å²) in [5.74, 6) is 1.25. The number of allylic oxidation sites excluding steroid dienone is 1. The molecule has 2 aliphatic heterocycles. The van der Waals surface area contributed by atoms with Gasteiger partial charge >= 0.3 is 5.97 Å². The van der Waals surface area contributed by atoms with Crippen LogP contribution in [0.1, 0.15) is 11.1 Å². The lowest BCUT2D eigenvalue weighted by atomic mass is 10.0. The van der Waals surface area contributed by atoms with Crippen LogP contribution in [-0.2, 0) is 22.4 Å². The van der Waals surface area contributed by atoms with Crippen LogP contribution in [0.15, 0.2) is 48.7 Å². The highest BCUT2D eigenvalue weighted by molar-refractivity contribution is 7.99. The molecule has 0 atom stereocenters. The minimum Gasteiger partial charge on any atom is -0.443 e. The molecule has 3 heterocycles. The Kier molecular flexibility index (Phi) is 7.53. The molecule has 6 nitrogen and oxygen atoms in total. The van der Waals surface area contributed by atoms with E-state index in [0.29, 0.717) is 5.75 Å². The SMILES string of the molecule is C=C1Cc2cc(CCN3CCN(c4nsc5ccccc45)CC3)c(Cl)cc2N1COC(=O)CSC. The van der Waals surface area contributed by atoms with E-state index in [4.69, 9.17) is 20.7 Å². The highest BCUT2D eigenvalue weighted by Crippen LogP contribution is 2.38. The molecule has 0 N–H and O–H groups in total. The van der Waals surface area contributed by atoms with Gasteiger partial charge in [-0.3, -0.25) is 9.69 Å². The standard InChI is InChI=1S/C26H29ClN4O2S2/c1-18-13-20-14-19(22(27)15-23(20)31(18)17-33-25(32)16-34-2)7-8-29-9-11-30(12-10-29)26-21-5-3-4-6-24(21)35-28-26/h3-6,14-15H,1,7-13,16-17H2,2H3. The molecule has 1 fully saturated rings. The van der Waals surface area contributed by atoms with E-state index in [1.807, 2.05) is 17.2 Å². The van der Waals surface area contributed by atoms with E-state index in [0.717, 1.165) is 73.4 Å². The molecule has 2 aliphatic rings. The molecular formula is C26H29ClN4O2S2. The van der Waals surface area contributed by atoms with Crippen molar-refractivity contribution >= 4 is 62.5 Å². The van der Waals surface area contributed by atoms with Crippen LogP contribution < -0.4 is 9.80 Å². The molecule has 35 heavy (non-hydrogen) atoms. The lowest BCUT2D eigenvalue weighted by Crippen LogP contribution is -2.47. The van der Waals surface area contributed by atoms with Gasteiger partial charge in [-0.25, -0.2) is 0 Å². The van der Waals surface area contributed by atoms with Crippen molar-refractivity contribution in [2.24, 2.45) is 0 Å². The van der Waals surface area contributed by atoms with E-state index in [9.17, 15) is 4.79 Å². The zero-order valence-electron chi connectivity index (χ0n) is 19.8. The van der Waals surface area contributed by atoms with Crippen LogP contribution in [0, 0.1) is 0 Å². The third-order valence-corrected chi connectivity index (χ3v) is 8.35. The number of thioether (sulfide) groups is 1. The Labute approximate surface area is 219 Å². The predicted molar refractivity (Wildman–Crippen MR) is 148 cm³/mol. The molecule has 0 spiro atoms. The highest BCUT2D eigenvalue weighted by Gasteiger charge is 2.26. The van der Waals surface area contributed by atoms with Gasteiger partial charge in [0.25, 0.3) is 0 Å². The Morgan fingerprint density at radius 2 is 2.03 bits per heavy atom. The first-order chi connectivity index (χ1) is 17.0. The van der Waals surface area contributed by atoms with Crippen molar-refractivity contribution in [1.29, 1.82) is 0 Å². The molecule has 0 saturated carbocycles. The molecule has 1 saturated heterocycles. The summed E-state index contributed by atoms with van der Waals surface area (Å²) in [4.78, 5) is 18.6. The van der Waals surface area contributed by atoms with E-state index in [2.05, 4.69) is 46.7 Å². The quantitative estimate of drug-likeness (QED) is 0.379. The number of anilines is 2. The number of carbonyl (C=O) groups is 1. The summed E-state index contributed by atoms with van der Waals surface area (Å²) in [7, 11) is 0. The van der Waals surface area contributed by atoms with E-state index in [1.165, 1.54) is 27.4 Å². The number of benzene rings is 2. The first-order valence-electron chi connectivity index (χ1n) is 11.8. The van der Waals surface area contributed by atoms with Crippen molar-refractivity contribution < 1.29 is 9.53 Å². The maximum Gasteiger partial charge on any atom is 0.317 e. The van der Waals surface area contributed by atoms with Crippen molar-refractivity contribution in [3.05, 3.63) is 64.8 Å². The first kappa shape index (κ1) is 24.4. The third kappa shape index (κ3) is 5.31. The fraction of sp³-hybridized carbons (Fsp3) is 0.385. The van der Waals surface area contributed by atoms with Crippen molar-refractivity contribution in [2.45, 2.75) is 12.8 Å². The number of ether oxygens (including phenoxy) is 1. The van der Waals surface area contributed by atoms with Crippen molar-refractivity contribution in [3.8, 4) is 0 Å². The van der Waals surface area contributed by atoms with Crippen LogP contribution in [0.2, 0.25) is 5.02 Å². The zero-order chi connectivity index (χ0) is 24.4. The summed E-state index contributed by atoms with van der Waals surface area (Å²) < 4.78 is 11.4. The smallest absolute Gasteiger partial charge is 0.317 e.